The lowest BCUT2D eigenvalue weighted by atomic mass is 9.95. The maximum Gasteiger partial charge on any atom is 0.338 e. The quantitative estimate of drug-likeness (QED) is 0.0135. The first kappa shape index (κ1) is 102. The Balaban J connectivity index is 0.000000152. The highest BCUT2D eigenvalue weighted by Gasteiger charge is 2.51. The SMILES string of the molecule is CCOC(=O)C1=C(CN2CC(F)(F)C[C@@H]2CO)NC(c2nccs2)=N[C@H]1c1ccc(F)cc1Br.CCOC(=O)C1=C(CN2CC(F)(F)C[C@@H]2CO)NC(c2nccs2)=N[C@H]1c1ccc(F)cc1Cl.CCOC(=O)C1=C(CN2CC(F)(F)C[C@H]2CO)NC(c2nccs2)=N[C@H]1c1ccccc1Cl.COC(=O)C1=C(CN2CC(F)(F)C[C@@H]2CO)NC(c2nccs2)=N[C@H]1c1ccc(F)cc1Br. The molecule has 8 aliphatic rings. The highest BCUT2D eigenvalue weighted by molar-refractivity contribution is 9.10. The molecule has 0 unspecified atom stereocenters. The van der Waals surface area contributed by atoms with E-state index in [1.165, 1.54) is 121 Å². The minimum Gasteiger partial charge on any atom is -0.466 e. The highest BCUT2D eigenvalue weighted by atomic mass is 79.9. The van der Waals surface area contributed by atoms with Gasteiger partial charge in [-0.05, 0) is 74.4 Å². The summed E-state index contributed by atoms with van der Waals surface area (Å²) < 4.78 is 176. The molecule has 8 aromatic rings. The number of aliphatic hydroxyl groups is 4. The van der Waals surface area contributed by atoms with E-state index in [-0.39, 0.29) is 79.0 Å². The van der Waals surface area contributed by atoms with Crippen molar-refractivity contribution in [2.45, 2.75) is 118 Å². The molecule has 4 fully saturated rings. The molecule has 134 heavy (non-hydrogen) atoms. The Morgan fingerprint density at radius 2 is 0.679 bits per heavy atom. The largest absolute Gasteiger partial charge is 0.466 e. The molecule has 0 saturated carbocycles. The van der Waals surface area contributed by atoms with E-state index in [4.69, 9.17) is 47.1 Å². The van der Waals surface area contributed by atoms with Gasteiger partial charge in [0, 0.05) is 175 Å². The summed E-state index contributed by atoms with van der Waals surface area (Å²) in [6.07, 6.45) is 4.49. The van der Waals surface area contributed by atoms with E-state index in [0.717, 1.165) is 6.07 Å². The lowest BCUT2D eigenvalue weighted by Gasteiger charge is -2.31. The van der Waals surface area contributed by atoms with Crippen LogP contribution in [0.3, 0.4) is 0 Å². The number of ether oxygens (including phenoxy) is 4. The Bertz CT molecular complexity index is 5660. The molecular weight excluding hydrogens is 2030 g/mol. The maximum absolute atomic E-state index is 14.1. The van der Waals surface area contributed by atoms with E-state index >= 15 is 0 Å². The van der Waals surface area contributed by atoms with Crippen molar-refractivity contribution >= 4 is 148 Å². The molecule has 4 aromatic carbocycles. The molecule has 4 saturated heterocycles. The van der Waals surface area contributed by atoms with Gasteiger partial charge in [0.15, 0.2) is 43.4 Å². The minimum atomic E-state index is -2.97. The van der Waals surface area contributed by atoms with Gasteiger partial charge in [-0.2, -0.15) is 0 Å². The van der Waals surface area contributed by atoms with Gasteiger partial charge in [-0.25, -0.2) is 87.4 Å². The van der Waals surface area contributed by atoms with Gasteiger partial charge in [0.05, 0.1) is 102 Å². The second-order valence-corrected chi connectivity index (χ2v) is 37.4. The molecule has 8 N–H and O–H groups in total. The van der Waals surface area contributed by atoms with Gasteiger partial charge in [0.1, 0.15) is 41.6 Å². The number of amidine groups is 4. The number of hydrogen-bond acceptors (Lipinski definition) is 32. The molecule has 12 heterocycles. The number of rotatable bonds is 27. The number of benzene rings is 4. The molecule has 8 aliphatic heterocycles. The number of hydrogen-bond donors (Lipinski definition) is 8. The summed E-state index contributed by atoms with van der Waals surface area (Å²) in [5.41, 5.74) is 3.70. The zero-order chi connectivity index (χ0) is 96.3. The van der Waals surface area contributed by atoms with Crippen LogP contribution < -0.4 is 21.3 Å². The number of methoxy groups -OCH3 is 1. The summed E-state index contributed by atoms with van der Waals surface area (Å²) >= 11 is 24.7. The van der Waals surface area contributed by atoms with Crippen LogP contribution >= 0.6 is 100 Å². The number of aliphatic imine (C=N–C) groups is 4. The van der Waals surface area contributed by atoms with Crippen molar-refractivity contribution in [2.75, 3.05) is 106 Å². The normalized spacial score (nSPS) is 22.6. The van der Waals surface area contributed by atoms with Crippen molar-refractivity contribution in [1.82, 2.24) is 60.8 Å². The maximum atomic E-state index is 14.1. The van der Waals surface area contributed by atoms with Crippen LogP contribution in [0.15, 0.2) is 199 Å². The highest BCUT2D eigenvalue weighted by Crippen LogP contribution is 2.46. The summed E-state index contributed by atoms with van der Waals surface area (Å²) in [5.74, 6) is -14.6. The van der Waals surface area contributed by atoms with Crippen molar-refractivity contribution < 1.29 is 107 Å². The van der Waals surface area contributed by atoms with Crippen molar-refractivity contribution in [3.63, 3.8) is 0 Å². The average molecular weight is 2120 g/mol. The molecule has 47 heteroatoms. The minimum absolute atomic E-state index is 0.0275. The number of aromatic nitrogens is 4. The number of aliphatic hydroxyl groups excluding tert-OH is 4. The standard InChI is InChI=1S/C22H22BrF3N4O3S.C22H22ClF3N4O3S.C22H23ClF2N4O3S.C21H20BrF3N4O3S/c2*1-2-33-21(32)17-16(9-30-11-22(25,26)8-13(30)10-31)28-19(20-27-5-6-34-20)29-18(17)14-4-3-12(24)7-15(14)23;1-2-32-21(31)17-16(10-29-12-22(24,25)9-13(29)11-30)27-19(20-26-7-8-33-20)28-18(17)14-5-3-4-6-15(14)23;1-32-20(31)16-15(8-29-10-21(24,25)7-12(29)9-30)27-18(19-26-4-5-33-19)28-17(16)13-3-2-11(23)6-14(13)22/h2*3-7,13,18,31H,2,8-11H2,1H3,(H,28,29);3-8,13,18,30H,2,9-12H2,1H3,(H,27,28);2-6,12,17,30H,7-10H2,1H3,(H,27,28)/t2*13-,18+;13-,18-;12-,17+/m1101/s1. The summed E-state index contributed by atoms with van der Waals surface area (Å²) in [4.78, 5) is 93.7. The zero-order valence-electron chi connectivity index (χ0n) is 71.4. The van der Waals surface area contributed by atoms with Crippen LogP contribution in [0.5, 0.6) is 0 Å². The lowest BCUT2D eigenvalue weighted by Crippen LogP contribution is -2.42. The van der Waals surface area contributed by atoms with Gasteiger partial charge in [0.25, 0.3) is 23.7 Å². The van der Waals surface area contributed by atoms with Crippen LogP contribution in [0.2, 0.25) is 10.0 Å². The zero-order valence-corrected chi connectivity index (χ0v) is 79.4. The van der Waals surface area contributed by atoms with Gasteiger partial charge in [-0.15, -0.1) is 45.3 Å². The smallest absolute Gasteiger partial charge is 0.338 e. The van der Waals surface area contributed by atoms with Gasteiger partial charge in [0.2, 0.25) is 0 Å². The molecule has 0 amide bonds. The summed E-state index contributed by atoms with van der Waals surface area (Å²) in [7, 11) is 1.21. The fraction of sp³-hybridized carbons (Fsp3) is 0.402. The Kier molecular flexibility index (Phi) is 34.1. The topological polar surface area (TPSA) is 348 Å². The Morgan fingerprint density at radius 3 is 0.933 bits per heavy atom. The molecule has 4 aromatic heterocycles. The molecule has 0 aliphatic carbocycles. The Morgan fingerprint density at radius 1 is 0.410 bits per heavy atom. The fourth-order valence-electron chi connectivity index (χ4n) is 16.3. The number of thiazole rings is 4. The number of halogens is 15. The van der Waals surface area contributed by atoms with Gasteiger partial charge >= 0.3 is 23.9 Å². The van der Waals surface area contributed by atoms with Crippen LogP contribution in [-0.2, 0) is 38.1 Å². The number of nitrogens with one attached hydrogen (secondary N) is 4. The predicted octanol–water partition coefficient (Wildman–Crippen LogP) is 13.9. The fourth-order valence-corrected chi connectivity index (χ4v) is 20.3. The van der Waals surface area contributed by atoms with Crippen LogP contribution in [-0.4, -0.2) is 261 Å². The van der Waals surface area contributed by atoms with E-state index in [2.05, 4.69) is 88.0 Å². The molecule has 28 nitrogen and oxygen atoms in total. The summed E-state index contributed by atoms with van der Waals surface area (Å²) in [6.45, 7) is 1.000. The number of likely N-dealkylation sites (tertiary alicyclic amines) is 4. The third-order valence-corrected chi connectivity index (χ3v) is 27.3. The monoisotopic (exact) mass is 2110 g/mol. The first-order valence-electron chi connectivity index (χ1n) is 41.5. The van der Waals surface area contributed by atoms with Gasteiger partial charge in [-0.1, -0.05) is 91.5 Å². The number of alkyl halides is 8. The molecule has 16 rings (SSSR count). The second-order valence-electron chi connectivity index (χ2n) is 31.3. The molecular formula is C87H87Br2Cl2F11N16O12S4. The number of nitrogens with zero attached hydrogens (tertiary/aromatic N) is 12. The van der Waals surface area contributed by atoms with Gasteiger partial charge < -0.3 is 60.6 Å². The second kappa shape index (κ2) is 44.8. The average Bonchev–Trinajstić information content (AvgIpc) is 1.75. The number of carbonyl (C=O) groups excluding carboxylic acids is 4. The van der Waals surface area contributed by atoms with Crippen LogP contribution in [0.1, 0.15) is 113 Å². The van der Waals surface area contributed by atoms with Crippen molar-refractivity contribution in [3.05, 3.63) is 249 Å². The Labute approximate surface area is 802 Å². The van der Waals surface area contributed by atoms with Crippen molar-refractivity contribution in [3.8, 4) is 0 Å². The van der Waals surface area contributed by atoms with Crippen LogP contribution in [0, 0.1) is 17.5 Å². The lowest BCUT2D eigenvalue weighted by molar-refractivity contribution is -0.139. The van der Waals surface area contributed by atoms with Crippen molar-refractivity contribution in [1.29, 1.82) is 0 Å². The van der Waals surface area contributed by atoms with E-state index in [9.17, 15) is 87.9 Å². The van der Waals surface area contributed by atoms with E-state index in [1.807, 2.05) is 0 Å². The van der Waals surface area contributed by atoms with E-state index in [0.29, 0.717) is 96.7 Å². The molecule has 0 spiro atoms. The van der Waals surface area contributed by atoms with Crippen molar-refractivity contribution in [2.24, 2.45) is 20.0 Å². The first-order chi connectivity index (χ1) is 64.0. The molecule has 716 valence electrons. The third-order valence-electron chi connectivity index (χ3n) is 22.1. The third kappa shape index (κ3) is 24.6. The number of carbonyl (C=O) groups is 4. The summed E-state index contributed by atoms with van der Waals surface area (Å²) in [6, 6.07) is 12.1. The van der Waals surface area contributed by atoms with Gasteiger partial charge in [-0.3, -0.25) is 39.6 Å². The predicted molar refractivity (Wildman–Crippen MR) is 487 cm³/mol. The molecule has 0 bridgehead atoms. The molecule has 0 radical (unpaired) electrons. The van der Waals surface area contributed by atoms with Crippen LogP contribution in [0.25, 0.3) is 0 Å². The summed E-state index contributed by atoms with van der Waals surface area (Å²) in [5, 5.41) is 60.7. The van der Waals surface area contributed by atoms with Crippen LogP contribution in [0.4, 0.5) is 48.3 Å². The first-order valence-corrected chi connectivity index (χ1v) is 47.4. The Hall–Kier alpha value is -9.43. The van der Waals surface area contributed by atoms with E-state index < -0.39 is 192 Å². The molecule has 8 atom stereocenters. The number of esters is 4. The van der Waals surface area contributed by atoms with E-state index in [1.54, 1.807) is 91.3 Å².